The van der Waals surface area contributed by atoms with Crippen molar-refractivity contribution in [3.8, 4) is 0 Å². The number of carbonyl (C=O) groups excluding carboxylic acids is 2. The third-order valence-electron chi connectivity index (χ3n) is 3.45. The molecule has 20 heavy (non-hydrogen) atoms. The van der Waals surface area contributed by atoms with Crippen molar-refractivity contribution in [2.75, 3.05) is 32.7 Å². The van der Waals surface area contributed by atoms with Gasteiger partial charge in [-0.25, -0.2) is 4.79 Å². The van der Waals surface area contributed by atoms with E-state index in [-0.39, 0.29) is 18.2 Å². The number of piperazine rings is 1. The van der Waals surface area contributed by atoms with E-state index in [4.69, 9.17) is 9.47 Å². The monoisotopic (exact) mass is 284 g/mol. The number of hydrogen-bond acceptors (Lipinski definition) is 5. The summed E-state index contributed by atoms with van der Waals surface area (Å²) in [4.78, 5) is 27.0. The van der Waals surface area contributed by atoms with E-state index in [9.17, 15) is 9.59 Å². The minimum absolute atomic E-state index is 0.0237. The molecule has 0 aromatic carbocycles. The molecular formula is C14H24N2O4. The topological polar surface area (TPSA) is 59.1 Å². The zero-order valence-corrected chi connectivity index (χ0v) is 12.6. The van der Waals surface area contributed by atoms with E-state index in [1.165, 1.54) is 0 Å². The van der Waals surface area contributed by atoms with Crippen LogP contribution in [-0.4, -0.2) is 66.3 Å². The van der Waals surface area contributed by atoms with Crippen molar-refractivity contribution in [1.82, 2.24) is 9.80 Å². The summed E-state index contributed by atoms with van der Waals surface area (Å²) in [6, 6.07) is 0. The molecule has 114 valence electrons. The SMILES string of the molecule is CC(C)(C)OC(=O)N1CCN(CC2CCC(=O)O2)CC1. The lowest BCUT2D eigenvalue weighted by Gasteiger charge is -2.36. The summed E-state index contributed by atoms with van der Waals surface area (Å²) in [6.45, 7) is 9.31. The third-order valence-corrected chi connectivity index (χ3v) is 3.45. The Balaban J connectivity index is 1.72. The highest BCUT2D eigenvalue weighted by atomic mass is 16.6. The number of nitrogens with zero attached hydrogens (tertiary/aromatic N) is 2. The molecule has 0 saturated carbocycles. The summed E-state index contributed by atoms with van der Waals surface area (Å²) in [5.41, 5.74) is -0.452. The fourth-order valence-electron chi connectivity index (χ4n) is 2.44. The molecule has 1 atom stereocenters. The molecule has 2 rings (SSSR count). The second kappa shape index (κ2) is 5.99. The third kappa shape index (κ3) is 4.37. The van der Waals surface area contributed by atoms with Crippen LogP contribution in [-0.2, 0) is 14.3 Å². The van der Waals surface area contributed by atoms with Gasteiger partial charge in [-0.15, -0.1) is 0 Å². The molecule has 0 aromatic rings. The van der Waals surface area contributed by atoms with Gasteiger partial charge in [0.2, 0.25) is 0 Å². The van der Waals surface area contributed by atoms with Gasteiger partial charge in [0, 0.05) is 39.1 Å². The van der Waals surface area contributed by atoms with Crippen LogP contribution in [0.15, 0.2) is 0 Å². The van der Waals surface area contributed by atoms with Crippen molar-refractivity contribution in [2.24, 2.45) is 0 Å². The number of amides is 1. The second-order valence-electron chi connectivity index (χ2n) is 6.42. The molecule has 6 heteroatoms. The first-order valence-electron chi connectivity index (χ1n) is 7.23. The van der Waals surface area contributed by atoms with Gasteiger partial charge in [0.25, 0.3) is 0 Å². The first kappa shape index (κ1) is 15.1. The predicted molar refractivity (Wildman–Crippen MR) is 73.4 cm³/mol. The molecule has 1 amide bonds. The van der Waals surface area contributed by atoms with E-state index < -0.39 is 5.60 Å². The fourth-order valence-corrected chi connectivity index (χ4v) is 2.44. The predicted octanol–water partition coefficient (Wildman–Crippen LogP) is 1.24. The molecule has 2 aliphatic rings. The van der Waals surface area contributed by atoms with Crippen molar-refractivity contribution in [3.63, 3.8) is 0 Å². The Bertz CT molecular complexity index is 370. The van der Waals surface area contributed by atoms with E-state index in [1.54, 1.807) is 4.90 Å². The Morgan fingerprint density at radius 1 is 1.30 bits per heavy atom. The van der Waals surface area contributed by atoms with Gasteiger partial charge in [-0.05, 0) is 27.2 Å². The van der Waals surface area contributed by atoms with Crippen LogP contribution in [0.2, 0.25) is 0 Å². The highest BCUT2D eigenvalue weighted by Gasteiger charge is 2.29. The Hall–Kier alpha value is -1.30. The lowest BCUT2D eigenvalue weighted by atomic mass is 10.2. The van der Waals surface area contributed by atoms with Gasteiger partial charge in [0.05, 0.1) is 0 Å². The zero-order valence-electron chi connectivity index (χ0n) is 12.6. The van der Waals surface area contributed by atoms with Crippen LogP contribution in [0.3, 0.4) is 0 Å². The Morgan fingerprint density at radius 2 is 1.95 bits per heavy atom. The number of cyclic esters (lactones) is 1. The zero-order chi connectivity index (χ0) is 14.8. The molecule has 0 bridgehead atoms. The van der Waals surface area contributed by atoms with Crippen molar-refractivity contribution >= 4 is 12.1 Å². The summed E-state index contributed by atoms with van der Waals surface area (Å²) < 4.78 is 10.6. The maximum absolute atomic E-state index is 11.9. The van der Waals surface area contributed by atoms with Gasteiger partial charge in [0.1, 0.15) is 11.7 Å². The molecule has 0 spiro atoms. The Morgan fingerprint density at radius 3 is 2.45 bits per heavy atom. The van der Waals surface area contributed by atoms with Crippen LogP contribution in [0.25, 0.3) is 0 Å². The molecule has 2 fully saturated rings. The van der Waals surface area contributed by atoms with E-state index in [0.29, 0.717) is 19.5 Å². The number of esters is 1. The number of rotatable bonds is 2. The fraction of sp³-hybridized carbons (Fsp3) is 0.857. The van der Waals surface area contributed by atoms with Crippen LogP contribution >= 0.6 is 0 Å². The normalized spacial score (nSPS) is 24.6. The van der Waals surface area contributed by atoms with Gasteiger partial charge >= 0.3 is 12.1 Å². The Kier molecular flexibility index (Phi) is 4.52. The van der Waals surface area contributed by atoms with Gasteiger partial charge in [-0.1, -0.05) is 0 Å². The summed E-state index contributed by atoms with van der Waals surface area (Å²) in [6.07, 6.45) is 1.12. The molecule has 1 unspecified atom stereocenters. The lowest BCUT2D eigenvalue weighted by molar-refractivity contribution is -0.142. The molecule has 0 aromatic heterocycles. The molecule has 2 heterocycles. The van der Waals surface area contributed by atoms with Crippen LogP contribution in [0.4, 0.5) is 4.79 Å². The highest BCUT2D eigenvalue weighted by molar-refractivity contribution is 5.71. The molecule has 2 saturated heterocycles. The molecule has 0 aliphatic carbocycles. The highest BCUT2D eigenvalue weighted by Crippen LogP contribution is 2.16. The standard InChI is InChI=1S/C14H24N2O4/c1-14(2,3)20-13(18)16-8-6-15(7-9-16)10-11-4-5-12(17)19-11/h11H,4-10H2,1-3H3. The minimum atomic E-state index is -0.452. The quantitative estimate of drug-likeness (QED) is 0.714. The van der Waals surface area contributed by atoms with Crippen LogP contribution in [0, 0.1) is 0 Å². The lowest BCUT2D eigenvalue weighted by Crippen LogP contribution is -2.51. The largest absolute Gasteiger partial charge is 0.461 e. The van der Waals surface area contributed by atoms with Crippen LogP contribution in [0.5, 0.6) is 0 Å². The first-order valence-corrected chi connectivity index (χ1v) is 7.23. The number of carbonyl (C=O) groups is 2. The molecular weight excluding hydrogens is 260 g/mol. The average molecular weight is 284 g/mol. The summed E-state index contributed by atoms with van der Waals surface area (Å²) in [5.74, 6) is -0.0950. The molecule has 0 N–H and O–H groups in total. The number of ether oxygens (including phenoxy) is 2. The van der Waals surface area contributed by atoms with Crippen LogP contribution < -0.4 is 0 Å². The maximum Gasteiger partial charge on any atom is 0.410 e. The van der Waals surface area contributed by atoms with E-state index in [0.717, 1.165) is 26.1 Å². The maximum atomic E-state index is 11.9. The van der Waals surface area contributed by atoms with Crippen LogP contribution in [0.1, 0.15) is 33.6 Å². The molecule has 0 radical (unpaired) electrons. The minimum Gasteiger partial charge on any atom is -0.461 e. The van der Waals surface area contributed by atoms with Crippen molar-refractivity contribution in [3.05, 3.63) is 0 Å². The van der Waals surface area contributed by atoms with Gasteiger partial charge < -0.3 is 14.4 Å². The average Bonchev–Trinajstić information content (AvgIpc) is 2.73. The van der Waals surface area contributed by atoms with Gasteiger partial charge in [-0.2, -0.15) is 0 Å². The molecule has 6 nitrogen and oxygen atoms in total. The smallest absolute Gasteiger partial charge is 0.410 e. The summed E-state index contributed by atoms with van der Waals surface area (Å²) >= 11 is 0. The van der Waals surface area contributed by atoms with E-state index in [2.05, 4.69) is 4.90 Å². The summed E-state index contributed by atoms with van der Waals surface area (Å²) in [5, 5.41) is 0. The molecule has 2 aliphatic heterocycles. The van der Waals surface area contributed by atoms with Gasteiger partial charge in [0.15, 0.2) is 0 Å². The van der Waals surface area contributed by atoms with Crippen molar-refractivity contribution in [2.45, 2.75) is 45.3 Å². The number of hydrogen-bond donors (Lipinski definition) is 0. The summed E-state index contributed by atoms with van der Waals surface area (Å²) in [7, 11) is 0. The van der Waals surface area contributed by atoms with E-state index >= 15 is 0 Å². The van der Waals surface area contributed by atoms with Gasteiger partial charge in [-0.3, -0.25) is 9.69 Å². The van der Waals surface area contributed by atoms with Crippen molar-refractivity contribution < 1.29 is 19.1 Å². The van der Waals surface area contributed by atoms with Crippen molar-refractivity contribution in [1.29, 1.82) is 0 Å². The second-order valence-corrected chi connectivity index (χ2v) is 6.42. The van der Waals surface area contributed by atoms with E-state index in [1.807, 2.05) is 20.8 Å². The first-order chi connectivity index (χ1) is 9.33. The Labute approximate surface area is 120 Å².